The molecule has 1 N–H and O–H groups in total. The van der Waals surface area contributed by atoms with Crippen LogP contribution in [0, 0.1) is 29.6 Å². The van der Waals surface area contributed by atoms with Crippen LogP contribution in [0.5, 0.6) is 0 Å². The van der Waals surface area contributed by atoms with Gasteiger partial charge >= 0.3 is 0 Å². The molecule has 0 radical (unpaired) electrons. The summed E-state index contributed by atoms with van der Waals surface area (Å²) in [5.41, 5.74) is 3.36. The SMILES string of the molecule is CN1C(=O)C2C(C3CC3)C=C3CN(Cc4cccc(Cl)c4)[C@@H]([C@@H](O)Cc4ccccc4)C3C2C1=O. The summed E-state index contributed by atoms with van der Waals surface area (Å²) >= 11 is 6.28. The predicted octanol–water partition coefficient (Wildman–Crippen LogP) is 3.94. The Balaban J connectivity index is 1.39. The van der Waals surface area contributed by atoms with Crippen molar-refractivity contribution >= 4 is 23.4 Å². The molecule has 6 atom stereocenters. The van der Waals surface area contributed by atoms with Gasteiger partial charge in [0.15, 0.2) is 0 Å². The topological polar surface area (TPSA) is 60.9 Å². The van der Waals surface area contributed by atoms with Crippen LogP contribution in [0.3, 0.4) is 0 Å². The number of hydrogen-bond donors (Lipinski definition) is 1. The molecule has 35 heavy (non-hydrogen) atoms. The number of benzene rings is 2. The molecule has 0 aromatic heterocycles. The first kappa shape index (κ1) is 23.0. The van der Waals surface area contributed by atoms with Crippen molar-refractivity contribution in [2.75, 3.05) is 13.6 Å². The fourth-order valence-corrected chi connectivity index (χ4v) is 7.11. The van der Waals surface area contributed by atoms with Crippen molar-refractivity contribution in [1.82, 2.24) is 9.80 Å². The summed E-state index contributed by atoms with van der Waals surface area (Å²) in [6.45, 7) is 1.33. The Kier molecular flexibility index (Phi) is 5.82. The van der Waals surface area contributed by atoms with Gasteiger partial charge in [-0.3, -0.25) is 19.4 Å². The van der Waals surface area contributed by atoms with Gasteiger partial charge in [-0.1, -0.05) is 65.7 Å². The molecule has 0 bridgehead atoms. The minimum absolute atomic E-state index is 0.0446. The number of halogens is 1. The van der Waals surface area contributed by atoms with Crippen LogP contribution in [0.15, 0.2) is 66.2 Å². The smallest absolute Gasteiger partial charge is 0.233 e. The summed E-state index contributed by atoms with van der Waals surface area (Å²) < 4.78 is 0. The van der Waals surface area contributed by atoms with Crippen molar-refractivity contribution in [2.45, 2.75) is 38.0 Å². The van der Waals surface area contributed by atoms with Crippen LogP contribution in [-0.2, 0) is 22.6 Å². The second-order valence-electron chi connectivity index (χ2n) is 10.8. The Hall–Kier alpha value is -2.47. The van der Waals surface area contributed by atoms with Gasteiger partial charge in [-0.05, 0) is 54.4 Å². The summed E-state index contributed by atoms with van der Waals surface area (Å²) in [6.07, 6.45) is 4.40. The molecule has 182 valence electrons. The highest BCUT2D eigenvalue weighted by Gasteiger charge is 2.61. The monoisotopic (exact) mass is 490 g/mol. The van der Waals surface area contributed by atoms with Crippen LogP contribution in [0.4, 0.5) is 0 Å². The fraction of sp³-hybridized carbons (Fsp3) is 0.448. The van der Waals surface area contributed by atoms with E-state index in [1.807, 2.05) is 48.5 Å². The van der Waals surface area contributed by atoms with Gasteiger partial charge in [0.25, 0.3) is 0 Å². The molecule has 4 aliphatic rings. The van der Waals surface area contributed by atoms with E-state index in [1.54, 1.807) is 7.05 Å². The van der Waals surface area contributed by atoms with Crippen LogP contribution >= 0.6 is 11.6 Å². The molecule has 2 saturated heterocycles. The summed E-state index contributed by atoms with van der Waals surface area (Å²) in [5.74, 6) is -0.349. The first-order valence-corrected chi connectivity index (χ1v) is 13.0. The minimum atomic E-state index is -0.667. The number of rotatable bonds is 6. The predicted molar refractivity (Wildman–Crippen MR) is 134 cm³/mol. The van der Waals surface area contributed by atoms with E-state index in [4.69, 9.17) is 11.6 Å². The summed E-state index contributed by atoms with van der Waals surface area (Å²) in [7, 11) is 1.63. The summed E-state index contributed by atoms with van der Waals surface area (Å²) in [4.78, 5) is 30.4. The zero-order valence-corrected chi connectivity index (χ0v) is 20.6. The second kappa shape index (κ2) is 8.88. The largest absolute Gasteiger partial charge is 0.391 e. The molecule has 5 nitrogen and oxygen atoms in total. The number of fused-ring (bicyclic) bond motifs is 3. The van der Waals surface area contributed by atoms with Gasteiger partial charge in [0.2, 0.25) is 11.8 Å². The van der Waals surface area contributed by atoms with Crippen LogP contribution in [0.25, 0.3) is 0 Å². The van der Waals surface area contributed by atoms with Crippen molar-refractivity contribution in [3.8, 4) is 0 Å². The number of amides is 2. The van der Waals surface area contributed by atoms with E-state index in [0.717, 1.165) is 24.0 Å². The first-order chi connectivity index (χ1) is 16.9. The van der Waals surface area contributed by atoms with Crippen LogP contribution in [0.2, 0.25) is 5.02 Å². The molecule has 2 heterocycles. The number of imide groups is 1. The normalized spacial score (nSPS) is 31.3. The highest BCUT2D eigenvalue weighted by atomic mass is 35.5. The van der Waals surface area contributed by atoms with Crippen LogP contribution < -0.4 is 0 Å². The van der Waals surface area contributed by atoms with Crippen LogP contribution in [0.1, 0.15) is 24.0 Å². The van der Waals surface area contributed by atoms with E-state index in [2.05, 4.69) is 17.0 Å². The Morgan fingerprint density at radius 3 is 2.40 bits per heavy atom. The number of carbonyl (C=O) groups excluding carboxylic acids is 2. The van der Waals surface area contributed by atoms with Gasteiger partial charge in [-0.2, -0.15) is 0 Å². The molecule has 2 aliphatic heterocycles. The molecule has 2 amide bonds. The molecule has 2 aromatic carbocycles. The van der Waals surface area contributed by atoms with Crippen molar-refractivity contribution < 1.29 is 14.7 Å². The van der Waals surface area contributed by atoms with Crippen molar-refractivity contribution in [2.24, 2.45) is 29.6 Å². The number of hydrogen-bond acceptors (Lipinski definition) is 4. The van der Waals surface area contributed by atoms with Gasteiger partial charge < -0.3 is 5.11 Å². The maximum atomic E-state index is 13.5. The van der Waals surface area contributed by atoms with Crippen molar-refractivity contribution in [3.63, 3.8) is 0 Å². The average Bonchev–Trinajstić information content (AvgIpc) is 3.59. The lowest BCUT2D eigenvalue weighted by Crippen LogP contribution is -2.48. The zero-order chi connectivity index (χ0) is 24.3. The number of allylic oxidation sites excluding steroid dienone is 1. The lowest BCUT2D eigenvalue weighted by atomic mass is 9.65. The van der Waals surface area contributed by atoms with Gasteiger partial charge in [0, 0.05) is 37.1 Å². The minimum Gasteiger partial charge on any atom is -0.391 e. The number of likely N-dealkylation sites (tertiary alicyclic amines) is 2. The van der Waals surface area contributed by atoms with Gasteiger partial charge in [0.1, 0.15) is 0 Å². The van der Waals surface area contributed by atoms with Gasteiger partial charge in [-0.15, -0.1) is 0 Å². The molecule has 6 heteroatoms. The molecular weight excluding hydrogens is 460 g/mol. The third kappa shape index (κ3) is 4.04. The highest BCUT2D eigenvalue weighted by Crippen LogP contribution is 2.55. The molecule has 1 saturated carbocycles. The molecule has 3 fully saturated rings. The fourth-order valence-electron chi connectivity index (χ4n) is 6.89. The molecule has 2 aromatic rings. The summed E-state index contributed by atoms with van der Waals surface area (Å²) in [6, 6.07) is 17.6. The molecule has 6 rings (SSSR count). The number of aliphatic hydroxyl groups excluding tert-OH is 1. The number of aliphatic hydroxyl groups is 1. The van der Waals surface area contributed by atoms with Crippen LogP contribution in [-0.4, -0.2) is 52.5 Å². The van der Waals surface area contributed by atoms with E-state index in [9.17, 15) is 14.7 Å². The van der Waals surface area contributed by atoms with E-state index < -0.39 is 12.0 Å². The Labute approximate surface area is 211 Å². The second-order valence-corrected chi connectivity index (χ2v) is 11.2. The summed E-state index contributed by atoms with van der Waals surface area (Å²) in [5, 5.41) is 12.4. The molecular formula is C29H31ClN2O3. The Bertz CT molecular complexity index is 1180. The maximum absolute atomic E-state index is 13.5. The lowest BCUT2D eigenvalue weighted by molar-refractivity contribution is -0.138. The lowest BCUT2D eigenvalue weighted by Gasteiger charge is -2.38. The number of carbonyl (C=O) groups is 2. The van der Waals surface area contributed by atoms with Gasteiger partial charge in [0.05, 0.1) is 17.9 Å². The van der Waals surface area contributed by atoms with Crippen molar-refractivity contribution in [1.29, 1.82) is 0 Å². The third-order valence-electron chi connectivity index (χ3n) is 8.55. The first-order valence-electron chi connectivity index (χ1n) is 12.6. The standard InChI is InChI=1S/C29H31ClN2O3/c1-31-28(34)25-22(19-10-11-19)14-20-16-32(15-18-8-5-9-21(30)12-18)27(24(20)26(25)29(31)35)23(33)13-17-6-3-2-4-7-17/h2-9,12,14,19,22-27,33H,10-11,13,15-16H2,1H3/t22?,23-,24?,25?,26?,27-/m0/s1. The van der Waals surface area contributed by atoms with E-state index in [0.29, 0.717) is 30.5 Å². The maximum Gasteiger partial charge on any atom is 0.233 e. The Morgan fingerprint density at radius 1 is 0.971 bits per heavy atom. The van der Waals surface area contributed by atoms with Gasteiger partial charge in [-0.25, -0.2) is 0 Å². The third-order valence-corrected chi connectivity index (χ3v) is 8.79. The quantitative estimate of drug-likeness (QED) is 0.492. The number of nitrogens with zero attached hydrogens (tertiary/aromatic N) is 2. The van der Waals surface area contributed by atoms with E-state index >= 15 is 0 Å². The average molecular weight is 491 g/mol. The highest BCUT2D eigenvalue weighted by molar-refractivity contribution is 6.30. The Morgan fingerprint density at radius 2 is 1.69 bits per heavy atom. The molecule has 0 spiro atoms. The van der Waals surface area contributed by atoms with Crippen molar-refractivity contribution in [3.05, 3.63) is 82.4 Å². The zero-order valence-electron chi connectivity index (χ0n) is 19.9. The molecule has 4 unspecified atom stereocenters. The molecule has 2 aliphatic carbocycles. The van der Waals surface area contributed by atoms with E-state index in [1.165, 1.54) is 10.5 Å². The van der Waals surface area contributed by atoms with E-state index in [-0.39, 0.29) is 35.6 Å².